The third-order valence-corrected chi connectivity index (χ3v) is 12.3. The van der Waals surface area contributed by atoms with Gasteiger partial charge in [-0.2, -0.15) is 0 Å². The average molecular weight is 487 g/mol. The number of aliphatic carboxylic acids is 1. The van der Waals surface area contributed by atoms with E-state index in [0.717, 1.165) is 50.5 Å². The fourth-order valence-electron chi connectivity index (χ4n) is 9.49. The minimum atomic E-state index is -0.720. The van der Waals surface area contributed by atoms with Crippen LogP contribution in [0.4, 0.5) is 0 Å². The number of hydrogen-bond acceptors (Lipinski definition) is 3. The Kier molecular flexibility index (Phi) is 6.71. The maximum Gasteiger partial charge on any atom is 0.306 e. The Bertz CT molecular complexity index is 915. The molecule has 4 aliphatic rings. The number of allylic oxidation sites excluding steroid dienone is 2. The van der Waals surface area contributed by atoms with Crippen molar-refractivity contribution in [2.24, 2.45) is 45.3 Å². The molecule has 0 aromatic carbocycles. The Labute approximate surface area is 213 Å². The van der Waals surface area contributed by atoms with Crippen LogP contribution in [0.1, 0.15) is 106 Å². The van der Waals surface area contributed by atoms with Crippen molar-refractivity contribution in [1.29, 1.82) is 0 Å². The second-order valence-corrected chi connectivity index (χ2v) is 14.1. The first-order chi connectivity index (χ1) is 16.1. The first kappa shape index (κ1) is 26.9. The Morgan fingerprint density at radius 3 is 2.26 bits per heavy atom. The maximum atomic E-state index is 12.6. The fraction of sp³-hybridized carbons (Fsp3) is 0.839. The number of aliphatic hydroxyl groups is 2. The van der Waals surface area contributed by atoms with Crippen LogP contribution in [0.25, 0.3) is 0 Å². The summed E-state index contributed by atoms with van der Waals surface area (Å²) in [6.07, 6.45) is 6.90. The van der Waals surface area contributed by atoms with E-state index in [-0.39, 0.29) is 33.7 Å². The van der Waals surface area contributed by atoms with E-state index >= 15 is 0 Å². The van der Waals surface area contributed by atoms with E-state index < -0.39 is 18.0 Å². The molecule has 0 radical (unpaired) electrons. The zero-order valence-corrected chi connectivity index (χ0v) is 23.3. The molecule has 2 saturated carbocycles. The second-order valence-electron chi connectivity index (χ2n) is 14.1. The molecule has 0 aromatic rings. The van der Waals surface area contributed by atoms with Gasteiger partial charge in [0.1, 0.15) is 0 Å². The molecule has 0 saturated heterocycles. The lowest BCUT2D eigenvalue weighted by molar-refractivity contribution is -0.147. The number of rotatable bonds is 6. The van der Waals surface area contributed by atoms with Crippen LogP contribution in [0.15, 0.2) is 23.3 Å². The topological polar surface area (TPSA) is 77.8 Å². The van der Waals surface area contributed by atoms with Crippen molar-refractivity contribution in [3.63, 3.8) is 0 Å². The van der Waals surface area contributed by atoms with Gasteiger partial charge in [-0.1, -0.05) is 71.8 Å². The molecule has 0 unspecified atom stereocenters. The van der Waals surface area contributed by atoms with Crippen LogP contribution >= 0.6 is 0 Å². The van der Waals surface area contributed by atoms with Crippen molar-refractivity contribution in [3.05, 3.63) is 23.3 Å². The van der Waals surface area contributed by atoms with E-state index in [2.05, 4.69) is 55.0 Å². The van der Waals surface area contributed by atoms with Crippen LogP contribution in [0.5, 0.6) is 0 Å². The van der Waals surface area contributed by atoms with Crippen molar-refractivity contribution in [3.8, 4) is 0 Å². The quantitative estimate of drug-likeness (QED) is 0.362. The number of carbonyl (C=O) groups is 1. The molecule has 4 aliphatic carbocycles. The lowest BCUT2D eigenvalue weighted by Crippen LogP contribution is -2.56. The van der Waals surface area contributed by atoms with Gasteiger partial charge in [-0.05, 0) is 91.8 Å². The van der Waals surface area contributed by atoms with Crippen LogP contribution in [-0.4, -0.2) is 33.5 Å². The van der Waals surface area contributed by atoms with E-state index in [0.29, 0.717) is 24.7 Å². The molecular weight excluding hydrogens is 436 g/mol. The molecule has 0 spiro atoms. The van der Waals surface area contributed by atoms with Crippen LogP contribution < -0.4 is 0 Å². The smallest absolute Gasteiger partial charge is 0.306 e. The van der Waals surface area contributed by atoms with E-state index in [1.54, 1.807) is 0 Å². The monoisotopic (exact) mass is 486 g/mol. The molecular formula is C31H50O4. The largest absolute Gasteiger partial charge is 0.481 e. The molecule has 0 amide bonds. The van der Waals surface area contributed by atoms with Crippen molar-refractivity contribution in [2.75, 3.05) is 0 Å². The standard InChI is InChI=1S/C31H50O4/c1-18(2)19(3)9-10-20(27(34)35)23-17-26(33)31(8)22-11-12-24-28(4,5)25(32)14-15-29(24,6)21(22)13-16-30(23,31)7/h18,20,23-26,32-33H,3,9-17H2,1-2,4-8H3,(H,34,35)/t20-,23-,24-,25-,26+,29+,30-,31-/m1/s1. The fourth-order valence-corrected chi connectivity index (χ4v) is 9.49. The molecule has 0 aromatic heterocycles. The highest BCUT2D eigenvalue weighted by Gasteiger charge is 2.67. The normalized spacial score (nSPS) is 43.4. The Balaban J connectivity index is 1.72. The lowest BCUT2D eigenvalue weighted by Gasteiger charge is -2.62. The summed E-state index contributed by atoms with van der Waals surface area (Å²) in [4.78, 5) is 12.6. The highest BCUT2D eigenvalue weighted by Crippen LogP contribution is 2.72. The van der Waals surface area contributed by atoms with Crippen molar-refractivity contribution < 1.29 is 20.1 Å². The maximum absolute atomic E-state index is 12.6. The minimum Gasteiger partial charge on any atom is -0.481 e. The average Bonchev–Trinajstić information content (AvgIpc) is 2.98. The third kappa shape index (κ3) is 3.71. The van der Waals surface area contributed by atoms with Gasteiger partial charge in [-0.25, -0.2) is 0 Å². The van der Waals surface area contributed by atoms with E-state index in [1.165, 1.54) is 11.1 Å². The van der Waals surface area contributed by atoms with Gasteiger partial charge in [0.15, 0.2) is 0 Å². The molecule has 2 fully saturated rings. The summed E-state index contributed by atoms with van der Waals surface area (Å²) < 4.78 is 0. The molecule has 3 N–H and O–H groups in total. The van der Waals surface area contributed by atoms with Gasteiger partial charge in [-0.3, -0.25) is 4.79 Å². The molecule has 35 heavy (non-hydrogen) atoms. The summed E-state index contributed by atoms with van der Waals surface area (Å²) >= 11 is 0. The summed E-state index contributed by atoms with van der Waals surface area (Å²) in [5.74, 6) is -0.415. The van der Waals surface area contributed by atoms with Gasteiger partial charge in [0.05, 0.1) is 18.1 Å². The third-order valence-electron chi connectivity index (χ3n) is 12.3. The molecule has 4 nitrogen and oxygen atoms in total. The van der Waals surface area contributed by atoms with Crippen molar-refractivity contribution in [1.82, 2.24) is 0 Å². The van der Waals surface area contributed by atoms with Crippen molar-refractivity contribution >= 4 is 5.97 Å². The van der Waals surface area contributed by atoms with Crippen LogP contribution in [0.2, 0.25) is 0 Å². The predicted molar refractivity (Wildman–Crippen MR) is 141 cm³/mol. The Morgan fingerprint density at radius 2 is 1.66 bits per heavy atom. The number of carboxylic acids is 1. The molecule has 198 valence electrons. The zero-order chi connectivity index (χ0) is 26.1. The molecule has 0 heterocycles. The van der Waals surface area contributed by atoms with Crippen molar-refractivity contribution in [2.45, 2.75) is 118 Å². The van der Waals surface area contributed by atoms with Crippen LogP contribution in [0.3, 0.4) is 0 Å². The minimum absolute atomic E-state index is 0.0378. The van der Waals surface area contributed by atoms with Gasteiger partial charge in [-0.15, -0.1) is 0 Å². The lowest BCUT2D eigenvalue weighted by atomic mass is 9.43. The van der Waals surface area contributed by atoms with E-state index in [1.807, 2.05) is 0 Å². The van der Waals surface area contributed by atoms with Crippen LogP contribution in [-0.2, 0) is 4.79 Å². The van der Waals surface area contributed by atoms with Gasteiger partial charge in [0.2, 0.25) is 0 Å². The molecule has 0 bridgehead atoms. The first-order valence-electron chi connectivity index (χ1n) is 14.1. The van der Waals surface area contributed by atoms with E-state index in [9.17, 15) is 20.1 Å². The molecule has 4 rings (SSSR count). The first-order valence-corrected chi connectivity index (χ1v) is 14.1. The highest BCUT2D eigenvalue weighted by atomic mass is 16.4. The Hall–Kier alpha value is -1.13. The second kappa shape index (κ2) is 8.72. The predicted octanol–water partition coefficient (Wildman–Crippen LogP) is 6.76. The number of aliphatic hydroxyl groups excluding tert-OH is 2. The number of fused-ring (bicyclic) bond motifs is 4. The van der Waals surface area contributed by atoms with Gasteiger partial charge < -0.3 is 15.3 Å². The molecule has 0 aliphatic heterocycles. The van der Waals surface area contributed by atoms with Gasteiger partial charge >= 0.3 is 5.97 Å². The SMILES string of the molecule is C=C(CC[C@@H](C(=O)O)[C@H]1C[C@H](O)[C@@]2(C)C3=C(CC[C@]12C)[C@]1(C)CC[C@@H](O)C(C)(C)[C@H]1CC3)C(C)C. The van der Waals surface area contributed by atoms with E-state index in [4.69, 9.17) is 0 Å². The zero-order valence-electron chi connectivity index (χ0n) is 23.3. The summed E-state index contributed by atoms with van der Waals surface area (Å²) in [7, 11) is 0. The summed E-state index contributed by atoms with van der Waals surface area (Å²) in [6.45, 7) is 19.9. The van der Waals surface area contributed by atoms with Gasteiger partial charge in [0, 0.05) is 5.41 Å². The summed E-state index contributed by atoms with van der Waals surface area (Å²) in [5, 5.41) is 32.8. The number of hydrogen-bond donors (Lipinski definition) is 3. The Morgan fingerprint density at radius 1 is 1.00 bits per heavy atom. The summed E-state index contributed by atoms with van der Waals surface area (Å²) in [6, 6.07) is 0. The molecule has 4 heteroatoms. The molecule has 8 atom stereocenters. The number of carboxylic acid groups (broad SMARTS) is 1. The van der Waals surface area contributed by atoms with Crippen LogP contribution in [0, 0.1) is 45.3 Å². The summed E-state index contributed by atoms with van der Waals surface area (Å²) in [5.41, 5.74) is 3.40. The highest BCUT2D eigenvalue weighted by molar-refractivity contribution is 5.71. The van der Waals surface area contributed by atoms with Gasteiger partial charge in [0.25, 0.3) is 0 Å².